The van der Waals surface area contributed by atoms with Crippen molar-refractivity contribution in [1.29, 1.82) is 0 Å². The maximum atomic E-state index is 14.3. The number of amides is 7. The Morgan fingerprint density at radius 3 is 2.26 bits per heavy atom. The Bertz CT molecular complexity index is 1940. The van der Waals surface area contributed by atoms with Gasteiger partial charge in [0.1, 0.15) is 30.2 Å². The second kappa shape index (κ2) is 24.9. The van der Waals surface area contributed by atoms with Crippen molar-refractivity contribution in [3.05, 3.63) is 36.0 Å². The fourth-order valence-electron chi connectivity index (χ4n) is 6.39. The van der Waals surface area contributed by atoms with Gasteiger partial charge in [-0.25, -0.2) is 0 Å². The number of hydrogen-bond donors (Lipinski definition) is 11. The normalized spacial score (nSPS) is 22.5. The first-order chi connectivity index (χ1) is 29.0. The number of para-hydroxylation sites is 1. The highest BCUT2D eigenvalue weighted by atomic mass is 33.1. The first kappa shape index (κ1) is 49.3. The molecule has 3 unspecified atom stereocenters. The summed E-state index contributed by atoms with van der Waals surface area (Å²) in [4.78, 5) is 123. The maximum absolute atomic E-state index is 14.3. The summed E-state index contributed by atoms with van der Waals surface area (Å²) in [7, 11) is 2.45. The zero-order chi connectivity index (χ0) is 45.1. The monoisotopic (exact) mass is 891 g/mol. The number of nitrogens with zero attached hydrogens (tertiary/aromatic N) is 2. The molecule has 24 heteroatoms. The van der Waals surface area contributed by atoms with E-state index in [0.717, 1.165) is 17.8 Å². The predicted molar refractivity (Wildman–Crippen MR) is 226 cm³/mol. The van der Waals surface area contributed by atoms with Gasteiger partial charge in [-0.1, -0.05) is 39.8 Å². The Morgan fingerprint density at radius 1 is 0.869 bits per heavy atom. The average Bonchev–Trinajstić information content (AvgIpc) is 3.85. The van der Waals surface area contributed by atoms with E-state index in [0.29, 0.717) is 24.8 Å². The maximum Gasteiger partial charge on any atom is 0.305 e. The van der Waals surface area contributed by atoms with E-state index >= 15 is 0 Å². The summed E-state index contributed by atoms with van der Waals surface area (Å²) in [6, 6.07) is 1.07. The summed E-state index contributed by atoms with van der Waals surface area (Å²) in [5.41, 5.74) is 17.8. The molecule has 5 atom stereocenters. The van der Waals surface area contributed by atoms with Gasteiger partial charge in [-0.05, 0) is 43.7 Å². The Morgan fingerprint density at radius 2 is 1.57 bits per heavy atom. The van der Waals surface area contributed by atoms with Crippen LogP contribution in [0.2, 0.25) is 0 Å². The van der Waals surface area contributed by atoms with Gasteiger partial charge in [-0.15, -0.1) is 0 Å². The molecule has 0 aliphatic carbocycles. The lowest BCUT2D eigenvalue weighted by Crippen LogP contribution is -2.59. The number of hydrogen-bond acceptors (Lipinski definition) is 12. The standard InChI is InChI=1S/C35H49N11O9S2.C2H4O2/c36-30(51)25-18-57-56-13-10-27(47)42-22(8-3-4-11-39-35(37)38)31(52)41-17-28(48)43-23(15-29(49)50)32(53)44-24(14-19-16-40-21-7-2-1-6-20(19)21)34(55)46-12-5-9-26(46)33(54)45-25;1-2(3)4/h1-2,6-7,16,22-26,40H,3-5,8-15,17-18H2,(H2,36,51)(H,41,52)(H,42,47)(H,43,48)(H,44,53)(H,45,54)(H,49,50)(H4,37,38,39);1H3,(H,3,4)/t22?,23?,24-,25?,26-;/m0./s1. The summed E-state index contributed by atoms with van der Waals surface area (Å²) in [6.07, 6.45) is 2.48. The van der Waals surface area contributed by atoms with Gasteiger partial charge in [0.2, 0.25) is 41.4 Å². The molecule has 2 aromatic rings. The van der Waals surface area contributed by atoms with Crippen molar-refractivity contribution >= 4 is 91.7 Å². The summed E-state index contributed by atoms with van der Waals surface area (Å²) in [5, 5.41) is 30.5. The van der Waals surface area contributed by atoms with E-state index in [9.17, 15) is 43.5 Å². The average molecular weight is 892 g/mol. The largest absolute Gasteiger partial charge is 0.481 e. The number of benzene rings is 1. The molecule has 14 N–H and O–H groups in total. The van der Waals surface area contributed by atoms with Crippen molar-refractivity contribution in [3.8, 4) is 0 Å². The van der Waals surface area contributed by atoms with Gasteiger partial charge >= 0.3 is 5.97 Å². The second-order valence-corrected chi connectivity index (χ2v) is 16.6. The van der Waals surface area contributed by atoms with Crippen LogP contribution in [0, 0.1) is 0 Å². The lowest BCUT2D eigenvalue weighted by molar-refractivity contribution is -0.143. The third-order valence-electron chi connectivity index (χ3n) is 9.24. The number of H-pyrrole nitrogens is 1. The van der Waals surface area contributed by atoms with Crippen molar-refractivity contribution in [3.63, 3.8) is 0 Å². The van der Waals surface area contributed by atoms with Gasteiger partial charge in [-0.3, -0.25) is 48.1 Å². The molecule has 7 amide bonds. The van der Waals surface area contributed by atoms with Crippen LogP contribution in [0.1, 0.15) is 57.4 Å². The number of aromatic nitrogens is 1. The molecular weight excluding hydrogens is 839 g/mol. The molecule has 334 valence electrons. The Kier molecular flexibility index (Phi) is 20.1. The van der Waals surface area contributed by atoms with E-state index in [1.807, 2.05) is 18.2 Å². The zero-order valence-electron chi connectivity index (χ0n) is 33.5. The molecule has 0 saturated carbocycles. The summed E-state index contributed by atoms with van der Waals surface area (Å²) < 4.78 is 0. The topological polar surface area (TPSA) is 364 Å². The molecule has 1 aromatic heterocycles. The first-order valence-electron chi connectivity index (χ1n) is 19.3. The van der Waals surface area contributed by atoms with Crippen LogP contribution in [0.15, 0.2) is 35.5 Å². The second-order valence-electron chi connectivity index (χ2n) is 14.0. The lowest BCUT2D eigenvalue weighted by atomic mass is 10.0. The number of aromatic amines is 1. The van der Waals surface area contributed by atoms with Crippen LogP contribution in [-0.2, 0) is 49.6 Å². The highest BCUT2D eigenvalue weighted by molar-refractivity contribution is 8.76. The number of carbonyl (C=O) groups is 9. The number of rotatable bonds is 10. The van der Waals surface area contributed by atoms with Gasteiger partial charge in [0.05, 0.1) is 13.0 Å². The third kappa shape index (κ3) is 16.9. The minimum Gasteiger partial charge on any atom is -0.481 e. The molecule has 2 aliphatic heterocycles. The summed E-state index contributed by atoms with van der Waals surface area (Å²) >= 11 is 0. The fraction of sp³-hybridized carbons (Fsp3) is 0.514. The number of aliphatic imine (C=N–C) groups is 1. The van der Waals surface area contributed by atoms with Crippen LogP contribution in [-0.4, -0.2) is 141 Å². The van der Waals surface area contributed by atoms with E-state index in [2.05, 4.69) is 36.6 Å². The number of carbonyl (C=O) groups excluding carboxylic acids is 7. The minimum absolute atomic E-state index is 0.0195. The van der Waals surface area contributed by atoms with Crippen molar-refractivity contribution < 1.29 is 53.4 Å². The lowest BCUT2D eigenvalue weighted by Gasteiger charge is -2.30. The molecule has 61 heavy (non-hydrogen) atoms. The summed E-state index contributed by atoms with van der Waals surface area (Å²) in [6.45, 7) is 0.851. The Hall–Kier alpha value is -6.04. The van der Waals surface area contributed by atoms with Crippen LogP contribution in [0.4, 0.5) is 0 Å². The highest BCUT2D eigenvalue weighted by Gasteiger charge is 2.40. The number of aliphatic carboxylic acids is 2. The van der Waals surface area contributed by atoms with Crippen molar-refractivity contribution in [1.82, 2.24) is 36.5 Å². The number of carboxylic acids is 2. The van der Waals surface area contributed by atoms with Gasteiger partial charge in [0.25, 0.3) is 5.97 Å². The third-order valence-corrected chi connectivity index (χ3v) is 11.7. The van der Waals surface area contributed by atoms with E-state index < -0.39 is 96.5 Å². The van der Waals surface area contributed by atoms with Crippen molar-refractivity contribution in [2.75, 3.05) is 31.1 Å². The molecule has 2 saturated heterocycles. The van der Waals surface area contributed by atoms with E-state index in [-0.39, 0.29) is 56.2 Å². The fourth-order valence-corrected chi connectivity index (χ4v) is 8.56. The van der Waals surface area contributed by atoms with Crippen molar-refractivity contribution in [2.45, 2.75) is 88.5 Å². The number of primary amides is 1. The van der Waals surface area contributed by atoms with Crippen LogP contribution >= 0.6 is 21.6 Å². The number of carboxylic acid groups (broad SMARTS) is 2. The van der Waals surface area contributed by atoms with Crippen molar-refractivity contribution in [2.24, 2.45) is 22.2 Å². The number of guanidine groups is 1. The molecular formula is C37H53N11O11S2. The molecule has 0 spiro atoms. The number of nitrogens with two attached hydrogens (primary N) is 3. The predicted octanol–water partition coefficient (Wildman–Crippen LogP) is -1.96. The minimum atomic E-state index is -1.68. The summed E-state index contributed by atoms with van der Waals surface area (Å²) in [5.74, 6) is -7.18. The first-order valence-corrected chi connectivity index (χ1v) is 21.8. The van der Waals surface area contributed by atoms with Gasteiger partial charge in [0, 0.05) is 61.5 Å². The molecule has 3 heterocycles. The van der Waals surface area contributed by atoms with E-state index in [1.165, 1.54) is 26.5 Å². The zero-order valence-corrected chi connectivity index (χ0v) is 35.1. The number of fused-ring (bicyclic) bond motifs is 2. The van der Waals surface area contributed by atoms with Gasteiger partial charge < -0.3 is 63.9 Å². The number of nitrogens with one attached hydrogen (secondary N) is 6. The smallest absolute Gasteiger partial charge is 0.305 e. The molecule has 4 rings (SSSR count). The van der Waals surface area contributed by atoms with Crippen LogP contribution in [0.5, 0.6) is 0 Å². The van der Waals surface area contributed by atoms with Crippen LogP contribution in [0.25, 0.3) is 10.9 Å². The molecule has 2 aliphatic rings. The van der Waals surface area contributed by atoms with Gasteiger partial charge in [0.15, 0.2) is 5.96 Å². The molecule has 1 aromatic carbocycles. The molecule has 0 bridgehead atoms. The quantitative estimate of drug-likeness (QED) is 0.0534. The van der Waals surface area contributed by atoms with E-state index in [4.69, 9.17) is 27.1 Å². The Balaban J connectivity index is 0.00000237. The Labute approximate surface area is 358 Å². The molecule has 22 nitrogen and oxygen atoms in total. The highest BCUT2D eigenvalue weighted by Crippen LogP contribution is 2.25. The van der Waals surface area contributed by atoms with Crippen LogP contribution in [0.3, 0.4) is 0 Å². The molecule has 2 fully saturated rings. The van der Waals surface area contributed by atoms with Gasteiger partial charge in [-0.2, -0.15) is 0 Å². The van der Waals surface area contributed by atoms with Crippen LogP contribution < -0.4 is 43.8 Å². The SMILES string of the molecule is CC(=O)O.NC(=O)C1CSSCCC(=O)NC(CCCCN=C(N)N)C(=O)NCC(=O)NC(CC(=O)O)C(=O)N[C@@H](Cc2c[nH]c3ccccc23)C(=O)N2CCC[C@H]2C(=O)N1. The van der Waals surface area contributed by atoms with E-state index in [1.54, 1.807) is 12.3 Å². The number of unbranched alkanes of at least 4 members (excludes halogenated alkanes) is 1. The molecule has 0 radical (unpaired) electrons.